The molecule has 3 heterocycles. The minimum absolute atomic E-state index is 0.143. The van der Waals surface area contributed by atoms with Crippen molar-refractivity contribution in [2.24, 2.45) is 0 Å². The summed E-state index contributed by atoms with van der Waals surface area (Å²) in [5, 5.41) is 7.05. The molecule has 3 rings (SSSR count). The Hall–Kier alpha value is -0.450. The molecule has 4 heteroatoms. The third kappa shape index (κ3) is 1.92. The first-order chi connectivity index (χ1) is 8.23. The van der Waals surface area contributed by atoms with Crippen LogP contribution in [0.5, 0.6) is 0 Å². The largest absolute Gasteiger partial charge is 0.308 e. The van der Waals surface area contributed by atoms with Crippen LogP contribution in [0.2, 0.25) is 0 Å². The molecule has 2 fully saturated rings. The quantitative estimate of drug-likeness (QED) is 0.873. The SMILES string of the molecule is CNC1(c2nc(C)cs2)CCN2CCCC2C1. The van der Waals surface area contributed by atoms with Gasteiger partial charge in [0, 0.05) is 23.7 Å². The molecule has 0 spiro atoms. The molecule has 2 unspecified atom stereocenters. The van der Waals surface area contributed by atoms with Gasteiger partial charge >= 0.3 is 0 Å². The highest BCUT2D eigenvalue weighted by Crippen LogP contribution is 2.40. The zero-order valence-corrected chi connectivity index (χ0v) is 11.5. The maximum absolute atomic E-state index is 4.73. The topological polar surface area (TPSA) is 28.2 Å². The van der Waals surface area contributed by atoms with Crippen molar-refractivity contribution in [2.75, 3.05) is 20.1 Å². The molecule has 2 saturated heterocycles. The minimum atomic E-state index is 0.143. The normalized spacial score (nSPS) is 33.9. The first kappa shape index (κ1) is 11.6. The molecular formula is C13H21N3S. The van der Waals surface area contributed by atoms with Gasteiger partial charge in [0.25, 0.3) is 0 Å². The van der Waals surface area contributed by atoms with Crippen LogP contribution in [0, 0.1) is 6.92 Å². The summed E-state index contributed by atoms with van der Waals surface area (Å²) < 4.78 is 0. The van der Waals surface area contributed by atoms with Crippen LogP contribution < -0.4 is 5.32 Å². The zero-order valence-electron chi connectivity index (χ0n) is 10.7. The monoisotopic (exact) mass is 251 g/mol. The summed E-state index contributed by atoms with van der Waals surface area (Å²) in [6, 6.07) is 0.778. The van der Waals surface area contributed by atoms with Gasteiger partial charge in [-0.3, -0.25) is 0 Å². The number of nitrogens with zero attached hydrogens (tertiary/aromatic N) is 2. The van der Waals surface area contributed by atoms with E-state index < -0.39 is 0 Å². The second-order valence-electron chi connectivity index (χ2n) is 5.41. The number of nitrogens with one attached hydrogen (secondary N) is 1. The van der Waals surface area contributed by atoms with E-state index in [9.17, 15) is 0 Å². The molecule has 94 valence electrons. The van der Waals surface area contributed by atoms with Crippen LogP contribution in [0.15, 0.2) is 5.38 Å². The Kier molecular flexibility index (Phi) is 2.97. The predicted octanol–water partition coefficient (Wildman–Crippen LogP) is 2.12. The van der Waals surface area contributed by atoms with E-state index in [-0.39, 0.29) is 5.54 Å². The molecule has 17 heavy (non-hydrogen) atoms. The lowest BCUT2D eigenvalue weighted by atomic mass is 9.84. The van der Waals surface area contributed by atoms with Crippen molar-refractivity contribution in [2.45, 2.75) is 44.2 Å². The summed E-state index contributed by atoms with van der Waals surface area (Å²) in [5.41, 5.74) is 1.30. The fraction of sp³-hybridized carbons (Fsp3) is 0.769. The van der Waals surface area contributed by atoms with Gasteiger partial charge in [0.05, 0.1) is 5.54 Å². The van der Waals surface area contributed by atoms with Crippen LogP contribution in [-0.2, 0) is 5.54 Å². The Balaban J connectivity index is 1.87. The highest BCUT2D eigenvalue weighted by molar-refractivity contribution is 7.09. The van der Waals surface area contributed by atoms with E-state index in [1.807, 2.05) is 11.3 Å². The van der Waals surface area contributed by atoms with Crippen molar-refractivity contribution in [1.82, 2.24) is 15.2 Å². The van der Waals surface area contributed by atoms with E-state index in [1.165, 1.54) is 43.8 Å². The molecule has 0 bridgehead atoms. The fourth-order valence-electron chi connectivity index (χ4n) is 3.36. The van der Waals surface area contributed by atoms with Gasteiger partial charge in [0.1, 0.15) is 5.01 Å². The Morgan fingerprint density at radius 2 is 2.41 bits per heavy atom. The summed E-state index contributed by atoms with van der Waals surface area (Å²) in [7, 11) is 2.10. The van der Waals surface area contributed by atoms with Crippen molar-refractivity contribution in [3.63, 3.8) is 0 Å². The molecule has 0 saturated carbocycles. The van der Waals surface area contributed by atoms with E-state index >= 15 is 0 Å². The van der Waals surface area contributed by atoms with Crippen LogP contribution in [0.1, 0.15) is 36.4 Å². The van der Waals surface area contributed by atoms with Crippen molar-refractivity contribution >= 4 is 11.3 Å². The number of hydrogen-bond acceptors (Lipinski definition) is 4. The van der Waals surface area contributed by atoms with Gasteiger partial charge in [-0.05, 0) is 46.2 Å². The molecule has 1 N–H and O–H groups in total. The highest BCUT2D eigenvalue weighted by atomic mass is 32.1. The van der Waals surface area contributed by atoms with Gasteiger partial charge in [-0.2, -0.15) is 0 Å². The standard InChI is InChI=1S/C13H21N3S/c1-10-9-17-12(15-10)13(14-2)5-7-16-6-3-4-11(16)8-13/h9,11,14H,3-8H2,1-2H3. The van der Waals surface area contributed by atoms with Gasteiger partial charge in [-0.25, -0.2) is 4.98 Å². The van der Waals surface area contributed by atoms with E-state index in [1.54, 1.807) is 0 Å². The van der Waals surface area contributed by atoms with Gasteiger partial charge in [-0.1, -0.05) is 0 Å². The molecular weight excluding hydrogens is 230 g/mol. The van der Waals surface area contributed by atoms with Crippen LogP contribution in [0.3, 0.4) is 0 Å². The van der Waals surface area contributed by atoms with Crippen LogP contribution in [0.25, 0.3) is 0 Å². The lowest BCUT2D eigenvalue weighted by molar-refractivity contribution is 0.110. The molecule has 2 aliphatic heterocycles. The third-order valence-electron chi connectivity index (χ3n) is 4.42. The van der Waals surface area contributed by atoms with Gasteiger partial charge in [0.2, 0.25) is 0 Å². The number of thiazole rings is 1. The minimum Gasteiger partial charge on any atom is -0.308 e. The number of fused-ring (bicyclic) bond motifs is 1. The number of hydrogen-bond donors (Lipinski definition) is 1. The zero-order chi connectivity index (χ0) is 11.9. The maximum atomic E-state index is 4.73. The molecule has 0 aromatic carbocycles. The van der Waals surface area contributed by atoms with Crippen LogP contribution >= 0.6 is 11.3 Å². The predicted molar refractivity (Wildman–Crippen MR) is 71.4 cm³/mol. The molecule has 2 atom stereocenters. The van der Waals surface area contributed by atoms with E-state index in [4.69, 9.17) is 4.98 Å². The second kappa shape index (κ2) is 4.34. The molecule has 0 amide bonds. The van der Waals surface area contributed by atoms with Gasteiger partial charge < -0.3 is 10.2 Å². The molecule has 1 aromatic rings. The molecule has 1 aromatic heterocycles. The summed E-state index contributed by atoms with van der Waals surface area (Å²) >= 11 is 1.82. The molecule has 0 aliphatic carbocycles. The van der Waals surface area contributed by atoms with Crippen molar-refractivity contribution in [3.8, 4) is 0 Å². The van der Waals surface area contributed by atoms with Crippen molar-refractivity contribution < 1.29 is 0 Å². The third-order valence-corrected chi connectivity index (χ3v) is 5.58. The van der Waals surface area contributed by atoms with E-state index in [0.29, 0.717) is 0 Å². The van der Waals surface area contributed by atoms with Gasteiger partial charge in [0.15, 0.2) is 0 Å². The average molecular weight is 251 g/mol. The van der Waals surface area contributed by atoms with Crippen molar-refractivity contribution in [1.29, 1.82) is 0 Å². The van der Waals surface area contributed by atoms with Crippen LogP contribution in [-0.4, -0.2) is 36.1 Å². The summed E-state index contributed by atoms with van der Waals surface area (Å²) in [4.78, 5) is 7.39. The fourth-order valence-corrected chi connectivity index (χ4v) is 4.41. The second-order valence-corrected chi connectivity index (χ2v) is 6.27. The Morgan fingerprint density at radius 1 is 1.53 bits per heavy atom. The van der Waals surface area contributed by atoms with E-state index in [2.05, 4.69) is 29.6 Å². The van der Waals surface area contributed by atoms with Crippen molar-refractivity contribution in [3.05, 3.63) is 16.1 Å². The summed E-state index contributed by atoms with van der Waals surface area (Å²) in [6.45, 7) is 4.62. The van der Waals surface area contributed by atoms with Gasteiger partial charge in [-0.15, -0.1) is 11.3 Å². The Morgan fingerprint density at radius 3 is 3.12 bits per heavy atom. The molecule has 2 aliphatic rings. The first-order valence-corrected chi connectivity index (χ1v) is 7.47. The Labute approximate surface area is 107 Å². The smallest absolute Gasteiger partial charge is 0.113 e. The summed E-state index contributed by atoms with van der Waals surface area (Å²) in [6.07, 6.45) is 5.18. The molecule has 0 radical (unpaired) electrons. The highest BCUT2D eigenvalue weighted by Gasteiger charge is 2.43. The number of aryl methyl sites for hydroxylation is 1. The average Bonchev–Trinajstić information content (AvgIpc) is 2.96. The Bertz CT molecular complexity index is 403. The number of aromatic nitrogens is 1. The van der Waals surface area contributed by atoms with E-state index in [0.717, 1.165) is 11.7 Å². The lowest BCUT2D eigenvalue weighted by Crippen LogP contribution is -2.52. The summed E-state index contributed by atoms with van der Waals surface area (Å²) in [5.74, 6) is 0. The molecule has 3 nitrogen and oxygen atoms in total. The maximum Gasteiger partial charge on any atom is 0.113 e. The first-order valence-electron chi connectivity index (χ1n) is 6.59. The number of rotatable bonds is 2. The van der Waals surface area contributed by atoms with Crippen LogP contribution in [0.4, 0.5) is 0 Å². The number of piperidine rings is 1. The lowest BCUT2D eigenvalue weighted by Gasteiger charge is -2.43.